The van der Waals surface area contributed by atoms with Crippen LogP contribution in [0.5, 0.6) is 5.75 Å². The molecule has 0 saturated carbocycles. The largest absolute Gasteiger partial charge is 0.489 e. The molecule has 0 aromatic heterocycles. The summed E-state index contributed by atoms with van der Waals surface area (Å²) in [6, 6.07) is 11.3. The van der Waals surface area contributed by atoms with Crippen molar-refractivity contribution in [1.29, 1.82) is 0 Å². The molecule has 2 fully saturated rings. The number of ether oxygens (including phenoxy) is 2. The number of carbonyl (C=O) groups is 1. The zero-order valence-corrected chi connectivity index (χ0v) is 20.5. The number of carbonyl (C=O) groups excluding carboxylic acids is 1. The predicted octanol–water partition coefficient (Wildman–Crippen LogP) is 3.26. The quantitative estimate of drug-likeness (QED) is 0.464. The Kier molecular flexibility index (Phi) is 9.12. The first-order valence-corrected chi connectivity index (χ1v) is 12.7. The first-order valence-electron chi connectivity index (χ1n) is 12.7. The molecule has 2 aromatic rings. The molecule has 4 rings (SSSR count). The van der Waals surface area contributed by atoms with Crippen LogP contribution in [0.1, 0.15) is 31.7 Å². The summed E-state index contributed by atoms with van der Waals surface area (Å²) in [5.41, 5.74) is 0.359. The van der Waals surface area contributed by atoms with E-state index in [1.54, 1.807) is 4.90 Å². The van der Waals surface area contributed by atoms with Gasteiger partial charge in [-0.1, -0.05) is 25.1 Å². The second-order valence-electron chi connectivity index (χ2n) is 9.56. The first-order chi connectivity index (χ1) is 17.4. The molecular weight excluding hydrogens is 468 g/mol. The van der Waals surface area contributed by atoms with Crippen molar-refractivity contribution < 1.29 is 28.2 Å². The van der Waals surface area contributed by atoms with Gasteiger partial charge >= 0.3 is 6.03 Å². The number of rotatable bonds is 10. The average molecular weight is 504 g/mol. The molecule has 36 heavy (non-hydrogen) atoms. The summed E-state index contributed by atoms with van der Waals surface area (Å²) in [6.45, 7) is 4.23. The molecule has 2 saturated heterocycles. The van der Waals surface area contributed by atoms with E-state index in [2.05, 4.69) is 10.6 Å². The van der Waals surface area contributed by atoms with Gasteiger partial charge in [-0.2, -0.15) is 0 Å². The standard InChI is InChI=1S/C27H35F2N3O4/c1-2-10-35-22-8-9-32(17-22)27(34)31-25(13-18-11-19(28)14-20(29)12-18)26(33)24-15-23(16-30-24)36-21-6-4-3-5-7-21/h3-7,11-12,14,22-26,30,33H,2,8-10,13,15-17H2,1H3,(H,31,34)/t22-,23-,24-,25+,26-/m1/s1. The lowest BCUT2D eigenvalue weighted by Gasteiger charge is -2.30. The fourth-order valence-corrected chi connectivity index (χ4v) is 4.88. The molecule has 2 amide bonds. The van der Waals surface area contributed by atoms with Gasteiger partial charge in [0.25, 0.3) is 0 Å². The minimum Gasteiger partial charge on any atom is -0.489 e. The number of urea groups is 1. The number of aliphatic hydroxyl groups excluding tert-OH is 1. The van der Waals surface area contributed by atoms with Crippen molar-refractivity contribution >= 4 is 6.03 Å². The van der Waals surface area contributed by atoms with E-state index in [1.165, 1.54) is 12.1 Å². The Morgan fingerprint density at radius 2 is 1.94 bits per heavy atom. The van der Waals surface area contributed by atoms with Crippen molar-refractivity contribution in [3.63, 3.8) is 0 Å². The number of amides is 2. The highest BCUT2D eigenvalue weighted by atomic mass is 19.1. The molecule has 0 bridgehead atoms. The number of halogens is 2. The number of hydrogen-bond acceptors (Lipinski definition) is 5. The summed E-state index contributed by atoms with van der Waals surface area (Å²) >= 11 is 0. The van der Waals surface area contributed by atoms with Gasteiger partial charge in [-0.15, -0.1) is 0 Å². The van der Waals surface area contributed by atoms with Crippen LogP contribution in [0.25, 0.3) is 0 Å². The molecule has 9 heteroatoms. The van der Waals surface area contributed by atoms with E-state index in [0.29, 0.717) is 38.2 Å². The molecule has 3 N–H and O–H groups in total. The van der Waals surface area contributed by atoms with Crippen LogP contribution in [0.4, 0.5) is 13.6 Å². The van der Waals surface area contributed by atoms with Gasteiger partial charge in [0.05, 0.1) is 18.2 Å². The van der Waals surface area contributed by atoms with Crippen LogP contribution in [-0.4, -0.2) is 72.7 Å². The highest BCUT2D eigenvalue weighted by Crippen LogP contribution is 2.22. The second kappa shape index (κ2) is 12.5. The summed E-state index contributed by atoms with van der Waals surface area (Å²) in [7, 11) is 0. The maximum Gasteiger partial charge on any atom is 0.317 e. The lowest BCUT2D eigenvalue weighted by atomic mass is 9.95. The van der Waals surface area contributed by atoms with Crippen LogP contribution < -0.4 is 15.4 Å². The predicted molar refractivity (Wildman–Crippen MR) is 132 cm³/mol. The van der Waals surface area contributed by atoms with Crippen molar-refractivity contribution in [2.75, 3.05) is 26.2 Å². The van der Waals surface area contributed by atoms with E-state index in [4.69, 9.17) is 9.47 Å². The number of benzene rings is 2. The lowest BCUT2D eigenvalue weighted by molar-refractivity contribution is 0.0603. The number of nitrogens with one attached hydrogen (secondary N) is 2. The monoisotopic (exact) mass is 503 g/mol. The molecule has 2 aliphatic heterocycles. The highest BCUT2D eigenvalue weighted by molar-refractivity contribution is 5.75. The molecule has 7 nitrogen and oxygen atoms in total. The number of aliphatic hydroxyl groups is 1. The minimum atomic E-state index is -1.00. The summed E-state index contributed by atoms with van der Waals surface area (Å²) in [6.07, 6.45) is 1.10. The Hall–Kier alpha value is -2.75. The minimum absolute atomic E-state index is 0.0104. The SMILES string of the molecule is CCCO[C@@H]1CCN(C(=O)N[C@@H](Cc2cc(F)cc(F)c2)[C@H](O)[C@H]2C[C@@H](Oc3ccccc3)CN2)C1. The number of hydrogen-bond donors (Lipinski definition) is 3. The summed E-state index contributed by atoms with van der Waals surface area (Å²) < 4.78 is 39.5. The Labute approximate surface area is 210 Å². The maximum absolute atomic E-state index is 13.9. The Morgan fingerprint density at radius 1 is 1.19 bits per heavy atom. The maximum atomic E-state index is 13.9. The Morgan fingerprint density at radius 3 is 2.67 bits per heavy atom. The average Bonchev–Trinajstić information content (AvgIpc) is 3.52. The van der Waals surface area contributed by atoms with Crippen LogP contribution in [0.3, 0.4) is 0 Å². The lowest BCUT2D eigenvalue weighted by Crippen LogP contribution is -2.55. The van der Waals surface area contributed by atoms with Crippen molar-refractivity contribution in [1.82, 2.24) is 15.5 Å². The molecule has 2 aromatic carbocycles. The first kappa shape index (κ1) is 26.3. The zero-order valence-electron chi connectivity index (χ0n) is 20.5. The molecule has 0 unspecified atom stereocenters. The molecule has 2 heterocycles. The van der Waals surface area contributed by atoms with Crippen LogP contribution in [-0.2, 0) is 11.2 Å². The van der Waals surface area contributed by atoms with E-state index in [1.807, 2.05) is 37.3 Å². The number of para-hydroxylation sites is 1. The highest BCUT2D eigenvalue weighted by Gasteiger charge is 2.37. The summed E-state index contributed by atoms with van der Waals surface area (Å²) in [4.78, 5) is 14.7. The van der Waals surface area contributed by atoms with Crippen LogP contribution in [0.15, 0.2) is 48.5 Å². The third kappa shape index (κ3) is 7.15. The van der Waals surface area contributed by atoms with E-state index in [0.717, 1.165) is 24.7 Å². The normalized spacial score (nSPS) is 23.4. The van der Waals surface area contributed by atoms with E-state index in [-0.39, 0.29) is 30.7 Å². The fraction of sp³-hybridized carbons (Fsp3) is 0.519. The molecule has 196 valence electrons. The molecule has 0 aliphatic carbocycles. The fourth-order valence-electron chi connectivity index (χ4n) is 4.88. The summed E-state index contributed by atoms with van der Waals surface area (Å²) in [5.74, 6) is -0.654. The van der Waals surface area contributed by atoms with Crippen LogP contribution in [0, 0.1) is 11.6 Å². The van der Waals surface area contributed by atoms with Gasteiger partial charge < -0.3 is 30.1 Å². The van der Waals surface area contributed by atoms with E-state index < -0.39 is 23.8 Å². The van der Waals surface area contributed by atoms with Crippen molar-refractivity contribution in [2.24, 2.45) is 0 Å². The van der Waals surface area contributed by atoms with Gasteiger partial charge in [0.15, 0.2) is 0 Å². The Bertz CT molecular complexity index is 976. The van der Waals surface area contributed by atoms with Crippen LogP contribution in [0.2, 0.25) is 0 Å². The molecular formula is C27H35F2N3O4. The van der Waals surface area contributed by atoms with Gasteiger partial charge in [0, 0.05) is 44.8 Å². The molecule has 0 spiro atoms. The van der Waals surface area contributed by atoms with Gasteiger partial charge in [0.1, 0.15) is 23.5 Å². The van der Waals surface area contributed by atoms with Gasteiger partial charge in [-0.25, -0.2) is 13.6 Å². The van der Waals surface area contributed by atoms with Gasteiger partial charge in [0.2, 0.25) is 0 Å². The molecule has 5 atom stereocenters. The smallest absolute Gasteiger partial charge is 0.317 e. The molecule has 2 aliphatic rings. The van der Waals surface area contributed by atoms with E-state index >= 15 is 0 Å². The van der Waals surface area contributed by atoms with Gasteiger partial charge in [-0.05, 0) is 49.1 Å². The zero-order chi connectivity index (χ0) is 25.5. The third-order valence-corrected chi connectivity index (χ3v) is 6.67. The van der Waals surface area contributed by atoms with E-state index in [9.17, 15) is 18.7 Å². The topological polar surface area (TPSA) is 83.1 Å². The van der Waals surface area contributed by atoms with Gasteiger partial charge in [-0.3, -0.25) is 0 Å². The van der Waals surface area contributed by atoms with Crippen molar-refractivity contribution in [3.05, 3.63) is 65.7 Å². The number of likely N-dealkylation sites (tertiary alicyclic amines) is 1. The molecule has 0 radical (unpaired) electrons. The van der Waals surface area contributed by atoms with Crippen molar-refractivity contribution in [3.8, 4) is 5.75 Å². The number of nitrogens with zero attached hydrogens (tertiary/aromatic N) is 1. The third-order valence-electron chi connectivity index (χ3n) is 6.67. The summed E-state index contributed by atoms with van der Waals surface area (Å²) in [5, 5.41) is 17.5. The van der Waals surface area contributed by atoms with Crippen molar-refractivity contribution in [2.45, 2.75) is 63.0 Å². The van der Waals surface area contributed by atoms with Crippen LogP contribution >= 0.6 is 0 Å². The second-order valence-corrected chi connectivity index (χ2v) is 9.56. The Balaban J connectivity index is 1.42.